The first-order valence-corrected chi connectivity index (χ1v) is 8.78. The molecule has 6 nitrogen and oxygen atoms in total. The van der Waals surface area contributed by atoms with Crippen molar-refractivity contribution in [1.82, 2.24) is 9.78 Å². The van der Waals surface area contributed by atoms with E-state index in [2.05, 4.69) is 10.4 Å². The average molecular weight is 363 g/mol. The predicted molar refractivity (Wildman–Crippen MR) is 103 cm³/mol. The minimum Gasteiger partial charge on any atom is -0.455 e. The SMILES string of the molecule is CCc1ccccc1NC(=O)COC(=O)Cc1cnn(-c2ccccc2)c1. The number of para-hydroxylation sites is 2. The van der Waals surface area contributed by atoms with Crippen LogP contribution in [0.5, 0.6) is 0 Å². The maximum Gasteiger partial charge on any atom is 0.310 e. The summed E-state index contributed by atoms with van der Waals surface area (Å²) < 4.78 is 6.77. The number of esters is 1. The Hall–Kier alpha value is -3.41. The Bertz CT molecular complexity index is 919. The van der Waals surface area contributed by atoms with E-state index in [0.29, 0.717) is 0 Å². The predicted octanol–water partition coefficient (Wildman–Crippen LogP) is 3.16. The average Bonchev–Trinajstić information content (AvgIpc) is 3.16. The third-order valence-corrected chi connectivity index (χ3v) is 4.04. The molecule has 1 aromatic heterocycles. The van der Waals surface area contributed by atoms with Crippen LogP contribution in [-0.2, 0) is 27.2 Å². The molecule has 0 radical (unpaired) electrons. The first-order valence-electron chi connectivity index (χ1n) is 8.78. The topological polar surface area (TPSA) is 73.2 Å². The van der Waals surface area contributed by atoms with Gasteiger partial charge < -0.3 is 10.1 Å². The Morgan fingerprint density at radius 1 is 1.07 bits per heavy atom. The van der Waals surface area contributed by atoms with Crippen molar-refractivity contribution in [2.75, 3.05) is 11.9 Å². The van der Waals surface area contributed by atoms with Crippen molar-refractivity contribution in [2.45, 2.75) is 19.8 Å². The van der Waals surface area contributed by atoms with Gasteiger partial charge in [0.05, 0.1) is 18.3 Å². The standard InChI is InChI=1S/C21H21N3O3/c1-2-17-8-6-7-11-19(17)23-20(25)15-27-21(26)12-16-13-22-24(14-16)18-9-4-3-5-10-18/h3-11,13-14H,2,12,15H2,1H3,(H,23,25). The van der Waals surface area contributed by atoms with Gasteiger partial charge in [-0.2, -0.15) is 5.10 Å². The maximum atomic E-state index is 12.0. The largest absolute Gasteiger partial charge is 0.455 e. The van der Waals surface area contributed by atoms with E-state index in [0.717, 1.165) is 28.9 Å². The number of nitrogens with zero attached hydrogens (tertiary/aromatic N) is 2. The van der Waals surface area contributed by atoms with Crippen LogP contribution in [-0.4, -0.2) is 28.3 Å². The summed E-state index contributed by atoms with van der Waals surface area (Å²) in [4.78, 5) is 24.0. The van der Waals surface area contributed by atoms with Crippen LogP contribution in [0.2, 0.25) is 0 Å². The highest BCUT2D eigenvalue weighted by Crippen LogP contribution is 2.15. The van der Waals surface area contributed by atoms with Crippen molar-refractivity contribution in [3.63, 3.8) is 0 Å². The Labute approximate surface area is 157 Å². The van der Waals surface area contributed by atoms with E-state index in [1.54, 1.807) is 17.1 Å². The van der Waals surface area contributed by atoms with Crippen LogP contribution in [0.25, 0.3) is 5.69 Å². The molecule has 0 aliphatic rings. The second-order valence-electron chi connectivity index (χ2n) is 6.03. The molecule has 138 valence electrons. The van der Waals surface area contributed by atoms with Gasteiger partial charge in [-0.05, 0) is 30.2 Å². The molecule has 0 spiro atoms. The lowest BCUT2D eigenvalue weighted by Crippen LogP contribution is -2.22. The number of aromatic nitrogens is 2. The molecule has 3 aromatic rings. The number of nitrogens with one attached hydrogen (secondary N) is 1. The molecular weight excluding hydrogens is 342 g/mol. The lowest BCUT2D eigenvalue weighted by Gasteiger charge is -2.09. The minimum atomic E-state index is -0.471. The van der Waals surface area contributed by atoms with E-state index in [4.69, 9.17) is 4.74 Å². The summed E-state index contributed by atoms with van der Waals surface area (Å²) in [5, 5.41) is 7.01. The summed E-state index contributed by atoms with van der Waals surface area (Å²) >= 11 is 0. The first-order chi connectivity index (χ1) is 13.2. The van der Waals surface area contributed by atoms with Crippen molar-refractivity contribution in [1.29, 1.82) is 0 Å². The molecule has 0 aliphatic carbocycles. The molecule has 1 N–H and O–H groups in total. The van der Waals surface area contributed by atoms with E-state index < -0.39 is 5.97 Å². The summed E-state index contributed by atoms with van der Waals surface area (Å²) in [5.74, 6) is -0.828. The van der Waals surface area contributed by atoms with E-state index in [9.17, 15) is 9.59 Å². The van der Waals surface area contributed by atoms with Crippen molar-refractivity contribution in [2.24, 2.45) is 0 Å². The van der Waals surface area contributed by atoms with E-state index in [1.807, 2.05) is 61.5 Å². The molecule has 1 amide bonds. The lowest BCUT2D eigenvalue weighted by molar-refractivity contribution is -0.146. The van der Waals surface area contributed by atoms with Gasteiger partial charge in [0, 0.05) is 17.4 Å². The molecule has 0 aliphatic heterocycles. The second-order valence-corrected chi connectivity index (χ2v) is 6.03. The third kappa shape index (κ3) is 5.04. The summed E-state index contributed by atoms with van der Waals surface area (Å²) in [5.41, 5.74) is 3.40. The number of hydrogen-bond acceptors (Lipinski definition) is 4. The van der Waals surface area contributed by atoms with Gasteiger partial charge in [-0.15, -0.1) is 0 Å². The minimum absolute atomic E-state index is 0.0612. The highest BCUT2D eigenvalue weighted by Gasteiger charge is 2.11. The fourth-order valence-corrected chi connectivity index (χ4v) is 2.67. The monoisotopic (exact) mass is 363 g/mol. The van der Waals surface area contributed by atoms with Crippen LogP contribution in [0.15, 0.2) is 67.0 Å². The van der Waals surface area contributed by atoms with Gasteiger partial charge in [0.1, 0.15) is 0 Å². The highest BCUT2D eigenvalue weighted by atomic mass is 16.5. The van der Waals surface area contributed by atoms with Crippen LogP contribution in [0.3, 0.4) is 0 Å². The molecular formula is C21H21N3O3. The zero-order chi connectivity index (χ0) is 19.1. The van der Waals surface area contributed by atoms with Crippen molar-refractivity contribution in [3.05, 3.63) is 78.1 Å². The molecule has 0 saturated heterocycles. The van der Waals surface area contributed by atoms with E-state index in [1.165, 1.54) is 0 Å². The molecule has 0 bridgehead atoms. The summed E-state index contributed by atoms with van der Waals surface area (Å²) in [6.45, 7) is 1.70. The van der Waals surface area contributed by atoms with Crippen molar-refractivity contribution >= 4 is 17.6 Å². The van der Waals surface area contributed by atoms with Crippen LogP contribution in [0.1, 0.15) is 18.1 Å². The molecule has 0 fully saturated rings. The molecule has 3 rings (SSSR count). The number of aryl methyl sites for hydroxylation is 1. The van der Waals surface area contributed by atoms with Crippen molar-refractivity contribution < 1.29 is 14.3 Å². The quantitative estimate of drug-likeness (QED) is 0.655. The number of amides is 1. The molecule has 0 atom stereocenters. The summed E-state index contributed by atoms with van der Waals surface area (Å²) in [7, 11) is 0. The van der Waals surface area contributed by atoms with Gasteiger partial charge in [-0.1, -0.05) is 43.3 Å². The summed E-state index contributed by atoms with van der Waals surface area (Å²) in [6, 6.07) is 17.2. The van der Waals surface area contributed by atoms with Gasteiger partial charge in [-0.3, -0.25) is 9.59 Å². The Morgan fingerprint density at radius 2 is 1.81 bits per heavy atom. The Kier molecular flexibility index (Phi) is 5.99. The molecule has 2 aromatic carbocycles. The van der Waals surface area contributed by atoms with Gasteiger partial charge >= 0.3 is 5.97 Å². The smallest absolute Gasteiger partial charge is 0.310 e. The van der Waals surface area contributed by atoms with Gasteiger partial charge in [0.15, 0.2) is 6.61 Å². The Morgan fingerprint density at radius 3 is 2.59 bits per heavy atom. The fourth-order valence-electron chi connectivity index (χ4n) is 2.67. The van der Waals surface area contributed by atoms with Gasteiger partial charge in [-0.25, -0.2) is 4.68 Å². The maximum absolute atomic E-state index is 12.0. The molecule has 27 heavy (non-hydrogen) atoms. The van der Waals surface area contributed by atoms with Crippen molar-refractivity contribution in [3.8, 4) is 5.69 Å². The number of carbonyl (C=O) groups excluding carboxylic acids is 2. The van der Waals surface area contributed by atoms with E-state index in [-0.39, 0.29) is 18.9 Å². The normalized spacial score (nSPS) is 10.4. The molecule has 6 heteroatoms. The number of anilines is 1. The van der Waals surface area contributed by atoms with E-state index >= 15 is 0 Å². The highest BCUT2D eigenvalue weighted by molar-refractivity contribution is 5.93. The number of ether oxygens (including phenoxy) is 1. The zero-order valence-electron chi connectivity index (χ0n) is 15.1. The number of rotatable bonds is 7. The lowest BCUT2D eigenvalue weighted by atomic mass is 10.1. The molecule has 1 heterocycles. The van der Waals surface area contributed by atoms with Crippen LogP contribution in [0.4, 0.5) is 5.69 Å². The second kappa shape index (κ2) is 8.80. The van der Waals surface area contributed by atoms with Crippen LogP contribution < -0.4 is 5.32 Å². The molecule has 0 unspecified atom stereocenters. The number of benzene rings is 2. The fraction of sp³-hybridized carbons (Fsp3) is 0.190. The van der Waals surface area contributed by atoms with Crippen LogP contribution >= 0.6 is 0 Å². The van der Waals surface area contributed by atoms with Gasteiger partial charge in [0.25, 0.3) is 5.91 Å². The first kappa shape index (κ1) is 18.4. The van der Waals surface area contributed by atoms with Gasteiger partial charge in [0.2, 0.25) is 0 Å². The molecule has 0 saturated carbocycles. The third-order valence-electron chi connectivity index (χ3n) is 4.04. The number of hydrogen-bond donors (Lipinski definition) is 1. The Balaban J connectivity index is 1.50. The summed E-state index contributed by atoms with van der Waals surface area (Å²) in [6.07, 6.45) is 4.26. The zero-order valence-corrected chi connectivity index (χ0v) is 15.1. The van der Waals surface area contributed by atoms with Crippen LogP contribution in [0, 0.1) is 0 Å². The number of carbonyl (C=O) groups is 2.